The number of benzene rings is 4. The van der Waals surface area contributed by atoms with Crippen molar-refractivity contribution in [2.45, 2.75) is 6.61 Å². The molecule has 0 saturated heterocycles. The van der Waals surface area contributed by atoms with Crippen LogP contribution in [0.25, 0.3) is 33.5 Å². The number of nitrogens with zero attached hydrogens (tertiary/aromatic N) is 3. The van der Waals surface area contributed by atoms with E-state index < -0.39 is 0 Å². The van der Waals surface area contributed by atoms with Gasteiger partial charge in [0.1, 0.15) is 17.9 Å². The second-order valence-corrected chi connectivity index (χ2v) is 11.4. The van der Waals surface area contributed by atoms with Crippen LogP contribution in [0.5, 0.6) is 17.2 Å². The summed E-state index contributed by atoms with van der Waals surface area (Å²) >= 11 is 13.3. The predicted octanol–water partition coefficient (Wildman–Crippen LogP) is 8.47. The third kappa shape index (κ3) is 5.65. The van der Waals surface area contributed by atoms with Gasteiger partial charge in [0.05, 0.1) is 41.2 Å². The second kappa shape index (κ2) is 12.2. The molecule has 0 unspecified atom stereocenters. The molecular formula is C32H22Br2ClN3O5. The lowest BCUT2D eigenvalue weighted by molar-refractivity contribution is 0.282. The maximum Gasteiger partial charge on any atom is 0.282 e. The van der Waals surface area contributed by atoms with E-state index in [1.807, 2.05) is 48.5 Å². The highest BCUT2D eigenvalue weighted by Gasteiger charge is 2.20. The van der Waals surface area contributed by atoms with Crippen molar-refractivity contribution >= 4 is 71.5 Å². The van der Waals surface area contributed by atoms with Gasteiger partial charge in [-0.25, -0.2) is 4.98 Å². The molecule has 0 aliphatic heterocycles. The molecule has 2 heterocycles. The number of fused-ring (bicyclic) bond motifs is 2. The van der Waals surface area contributed by atoms with E-state index in [0.717, 1.165) is 10.9 Å². The average molecular weight is 724 g/mol. The largest absolute Gasteiger partial charge is 0.496 e. The maximum atomic E-state index is 13.7. The lowest BCUT2D eigenvalue weighted by atomic mass is 10.2. The monoisotopic (exact) mass is 721 g/mol. The summed E-state index contributed by atoms with van der Waals surface area (Å²) in [6.45, 7) is 0.301. The molecule has 0 bridgehead atoms. The average Bonchev–Trinajstić information content (AvgIpc) is 3.47. The minimum Gasteiger partial charge on any atom is -0.496 e. The molecule has 0 atom stereocenters. The number of aromatic nitrogens is 2. The lowest BCUT2D eigenvalue weighted by Crippen LogP contribution is -2.20. The highest BCUT2D eigenvalue weighted by molar-refractivity contribution is 9.13. The quantitative estimate of drug-likeness (QED) is 0.147. The van der Waals surface area contributed by atoms with Crippen LogP contribution >= 0.6 is 43.5 Å². The van der Waals surface area contributed by atoms with Crippen LogP contribution in [0.2, 0.25) is 5.02 Å². The van der Waals surface area contributed by atoms with Gasteiger partial charge in [-0.3, -0.25) is 4.79 Å². The molecule has 43 heavy (non-hydrogen) atoms. The number of hydrogen-bond donors (Lipinski definition) is 0. The van der Waals surface area contributed by atoms with Crippen molar-refractivity contribution < 1.29 is 18.6 Å². The van der Waals surface area contributed by atoms with Gasteiger partial charge in [0, 0.05) is 15.1 Å². The molecular weight excluding hydrogens is 702 g/mol. The van der Waals surface area contributed by atoms with Gasteiger partial charge < -0.3 is 18.6 Å². The number of methoxy groups -OCH3 is 2. The molecule has 0 saturated carbocycles. The first kappa shape index (κ1) is 29.0. The van der Waals surface area contributed by atoms with Gasteiger partial charge in [-0.05, 0) is 86.0 Å². The Kier molecular flexibility index (Phi) is 8.25. The van der Waals surface area contributed by atoms with Gasteiger partial charge in [0.2, 0.25) is 5.82 Å². The Morgan fingerprint density at radius 3 is 2.47 bits per heavy atom. The smallest absolute Gasteiger partial charge is 0.282 e. The Balaban J connectivity index is 1.43. The third-order valence-corrected chi connectivity index (χ3v) is 9.10. The highest BCUT2D eigenvalue weighted by atomic mass is 79.9. The zero-order valence-electron chi connectivity index (χ0n) is 22.8. The van der Waals surface area contributed by atoms with Crippen LogP contribution in [0.4, 0.5) is 0 Å². The molecule has 0 aliphatic rings. The van der Waals surface area contributed by atoms with Crippen LogP contribution in [0.3, 0.4) is 0 Å². The first-order valence-electron chi connectivity index (χ1n) is 12.9. The SMILES string of the molecule is COc1cc(C=Nn2c(-c3cc4c(OC)cccc4o3)nc3ccccc3c2=O)c(Br)c(Br)c1OCc1ccc(Cl)cc1. The van der Waals surface area contributed by atoms with Crippen LogP contribution in [-0.2, 0) is 6.61 Å². The fraction of sp³-hybridized carbons (Fsp3) is 0.0938. The minimum absolute atomic E-state index is 0.239. The van der Waals surface area contributed by atoms with E-state index in [2.05, 4.69) is 37.0 Å². The molecule has 6 aromatic rings. The van der Waals surface area contributed by atoms with E-state index in [9.17, 15) is 4.79 Å². The van der Waals surface area contributed by atoms with E-state index in [1.165, 1.54) is 4.68 Å². The molecule has 4 aromatic carbocycles. The first-order chi connectivity index (χ1) is 20.9. The first-order valence-corrected chi connectivity index (χ1v) is 14.9. The summed E-state index contributed by atoms with van der Waals surface area (Å²) in [5.74, 6) is 2.22. The Bertz CT molecular complexity index is 2070. The molecule has 216 valence electrons. The van der Waals surface area contributed by atoms with Crippen LogP contribution in [-0.4, -0.2) is 30.1 Å². The molecule has 0 aliphatic carbocycles. The summed E-state index contributed by atoms with van der Waals surface area (Å²) in [5.41, 5.74) is 2.33. The van der Waals surface area contributed by atoms with Crippen molar-refractivity contribution in [2.24, 2.45) is 5.10 Å². The van der Waals surface area contributed by atoms with Crippen molar-refractivity contribution in [3.05, 3.63) is 114 Å². The fourth-order valence-electron chi connectivity index (χ4n) is 4.55. The zero-order chi connectivity index (χ0) is 30.1. The topological polar surface area (TPSA) is 88.1 Å². The van der Waals surface area contributed by atoms with Gasteiger partial charge in [-0.15, -0.1) is 0 Å². The standard InChI is InChI=1S/C32H22Br2ClN3O5/c1-40-24-8-5-9-25-22(24)15-27(43-25)31-37-23-7-4-3-6-21(23)32(39)38(31)36-16-19-14-26(41-2)30(29(34)28(19)33)42-17-18-10-12-20(35)13-11-18/h3-16H,17H2,1-2H3. The molecule has 8 nitrogen and oxygen atoms in total. The van der Waals surface area contributed by atoms with Crippen molar-refractivity contribution in [3.8, 4) is 28.8 Å². The summed E-state index contributed by atoms with van der Waals surface area (Å²) in [4.78, 5) is 18.5. The Morgan fingerprint density at radius 1 is 0.930 bits per heavy atom. The lowest BCUT2D eigenvalue weighted by Gasteiger charge is -2.15. The second-order valence-electron chi connectivity index (χ2n) is 9.34. The number of rotatable bonds is 8. The molecule has 0 N–H and O–H groups in total. The fourth-order valence-corrected chi connectivity index (χ4v) is 5.62. The molecule has 0 radical (unpaired) electrons. The Hall–Kier alpha value is -4.12. The molecule has 11 heteroatoms. The maximum absolute atomic E-state index is 13.7. The Morgan fingerprint density at radius 2 is 1.70 bits per heavy atom. The number of hydrogen-bond acceptors (Lipinski definition) is 7. The van der Waals surface area contributed by atoms with Gasteiger partial charge >= 0.3 is 0 Å². The van der Waals surface area contributed by atoms with Gasteiger partial charge in [0.15, 0.2) is 17.3 Å². The van der Waals surface area contributed by atoms with Crippen LogP contribution in [0, 0.1) is 0 Å². The van der Waals surface area contributed by atoms with Crippen molar-refractivity contribution in [3.63, 3.8) is 0 Å². The van der Waals surface area contributed by atoms with Gasteiger partial charge in [-0.2, -0.15) is 9.78 Å². The molecule has 0 amide bonds. The van der Waals surface area contributed by atoms with Crippen molar-refractivity contribution in [2.75, 3.05) is 14.2 Å². The van der Waals surface area contributed by atoms with Crippen molar-refractivity contribution in [1.29, 1.82) is 0 Å². The summed E-state index contributed by atoms with van der Waals surface area (Å²) in [7, 11) is 3.14. The molecule has 6 rings (SSSR count). The van der Waals surface area contributed by atoms with E-state index >= 15 is 0 Å². The summed E-state index contributed by atoms with van der Waals surface area (Å²) in [6, 6.07) is 23.6. The summed E-state index contributed by atoms with van der Waals surface area (Å²) < 4.78 is 25.9. The molecule has 0 spiro atoms. The highest BCUT2D eigenvalue weighted by Crippen LogP contribution is 2.43. The molecule has 0 fully saturated rings. The number of ether oxygens (including phenoxy) is 3. The van der Waals surface area contributed by atoms with E-state index in [-0.39, 0.29) is 11.4 Å². The third-order valence-electron chi connectivity index (χ3n) is 6.70. The van der Waals surface area contributed by atoms with E-state index in [1.54, 1.807) is 50.8 Å². The van der Waals surface area contributed by atoms with Crippen LogP contribution in [0.15, 0.2) is 102 Å². The summed E-state index contributed by atoms with van der Waals surface area (Å²) in [6.07, 6.45) is 1.55. The number of furan rings is 1. The van der Waals surface area contributed by atoms with E-state index in [4.69, 9.17) is 35.2 Å². The van der Waals surface area contributed by atoms with Gasteiger partial charge in [-0.1, -0.05) is 41.9 Å². The zero-order valence-corrected chi connectivity index (χ0v) is 26.7. The van der Waals surface area contributed by atoms with E-state index in [0.29, 0.717) is 65.6 Å². The summed E-state index contributed by atoms with van der Waals surface area (Å²) in [5, 5.41) is 6.41. The predicted molar refractivity (Wildman–Crippen MR) is 175 cm³/mol. The van der Waals surface area contributed by atoms with Crippen molar-refractivity contribution in [1.82, 2.24) is 9.66 Å². The number of para-hydroxylation sites is 1. The minimum atomic E-state index is -0.352. The van der Waals surface area contributed by atoms with Crippen LogP contribution in [0.1, 0.15) is 11.1 Å². The van der Waals surface area contributed by atoms with Crippen LogP contribution < -0.4 is 19.8 Å². The van der Waals surface area contributed by atoms with Gasteiger partial charge in [0.25, 0.3) is 5.56 Å². The Labute approximate surface area is 267 Å². The number of halogens is 3. The normalized spacial score (nSPS) is 11.5. The molecule has 2 aromatic heterocycles.